The highest BCUT2D eigenvalue weighted by atomic mass is 19.3. The third-order valence-corrected chi connectivity index (χ3v) is 4.26. The highest BCUT2D eigenvalue weighted by Crippen LogP contribution is 2.34. The van der Waals surface area contributed by atoms with E-state index in [1.165, 1.54) is 0 Å². The van der Waals surface area contributed by atoms with Crippen LogP contribution >= 0.6 is 0 Å². The maximum Gasteiger partial charge on any atom is 0.278 e. The first-order chi connectivity index (χ1) is 11.6. The molecule has 124 valence electrons. The topological polar surface area (TPSA) is 4.93 Å². The average Bonchev–Trinajstić information content (AvgIpc) is 2.93. The Hall–Kier alpha value is -2.42. The van der Waals surface area contributed by atoms with Crippen LogP contribution in [0.3, 0.4) is 0 Å². The maximum absolute atomic E-state index is 13.8. The molecule has 1 aromatic heterocycles. The Bertz CT molecular complexity index is 856. The molecular weight excluding hydrogens is 304 g/mol. The van der Waals surface area contributed by atoms with Crippen molar-refractivity contribution in [3.05, 3.63) is 78.0 Å². The summed E-state index contributed by atoms with van der Waals surface area (Å²) in [7, 11) is 0. The number of aromatic nitrogens is 1. The van der Waals surface area contributed by atoms with Crippen molar-refractivity contribution in [2.75, 3.05) is 0 Å². The second kappa shape index (κ2) is 7.00. The van der Waals surface area contributed by atoms with Crippen molar-refractivity contribution in [2.24, 2.45) is 5.92 Å². The minimum absolute atomic E-state index is 0.0232. The van der Waals surface area contributed by atoms with E-state index in [2.05, 4.69) is 18.4 Å². The molecule has 0 saturated heterocycles. The number of para-hydroxylation sites is 1. The van der Waals surface area contributed by atoms with Gasteiger partial charge in [-0.2, -0.15) is 8.78 Å². The van der Waals surface area contributed by atoms with Crippen LogP contribution < -0.4 is 0 Å². The number of hydrogen-bond acceptors (Lipinski definition) is 0. The van der Waals surface area contributed by atoms with E-state index < -0.39 is 6.08 Å². The van der Waals surface area contributed by atoms with Crippen molar-refractivity contribution in [1.82, 2.24) is 4.57 Å². The summed E-state index contributed by atoms with van der Waals surface area (Å²) in [5.74, 6) is 0.566. The summed E-state index contributed by atoms with van der Waals surface area (Å²) >= 11 is 0. The number of fused-ring (bicyclic) bond motifs is 1. The smallest absolute Gasteiger partial charge is 0.278 e. The molecule has 0 atom stereocenters. The van der Waals surface area contributed by atoms with Gasteiger partial charge in [0.25, 0.3) is 6.08 Å². The van der Waals surface area contributed by atoms with Gasteiger partial charge in [0.1, 0.15) is 0 Å². The Labute approximate surface area is 141 Å². The van der Waals surface area contributed by atoms with E-state index in [-0.39, 0.29) is 5.57 Å². The molecule has 0 aliphatic heterocycles. The Morgan fingerprint density at radius 1 is 0.958 bits per heavy atom. The van der Waals surface area contributed by atoms with Gasteiger partial charge in [0, 0.05) is 29.2 Å². The van der Waals surface area contributed by atoms with Gasteiger partial charge in [0.15, 0.2) is 0 Å². The van der Waals surface area contributed by atoms with E-state index in [0.29, 0.717) is 17.0 Å². The molecule has 3 aromatic rings. The number of aryl methyl sites for hydroxylation is 1. The number of rotatable bonds is 5. The lowest BCUT2D eigenvalue weighted by atomic mass is 9.99. The molecule has 0 aliphatic rings. The zero-order valence-corrected chi connectivity index (χ0v) is 14.0. The minimum atomic E-state index is -1.65. The van der Waals surface area contributed by atoms with Crippen molar-refractivity contribution in [2.45, 2.75) is 26.8 Å². The number of nitrogens with zero attached hydrogens (tertiary/aromatic N) is 1. The standard InChI is InChI=1S/C21H21F2N/c1-15(2)12-13-24-14-18(17-10-6-7-11-19(17)24)20(21(22)23)16-8-4-3-5-9-16/h3-11,14-15H,12-13H2,1-2H3. The summed E-state index contributed by atoms with van der Waals surface area (Å²) in [6.45, 7) is 5.17. The minimum Gasteiger partial charge on any atom is -0.347 e. The first-order valence-electron chi connectivity index (χ1n) is 8.27. The van der Waals surface area contributed by atoms with Gasteiger partial charge in [-0.15, -0.1) is 0 Å². The first-order valence-corrected chi connectivity index (χ1v) is 8.27. The fourth-order valence-electron chi connectivity index (χ4n) is 3.00. The van der Waals surface area contributed by atoms with Crippen molar-refractivity contribution in [1.29, 1.82) is 0 Å². The van der Waals surface area contributed by atoms with Crippen LogP contribution in [0.2, 0.25) is 0 Å². The van der Waals surface area contributed by atoms with Crippen LogP contribution in [0.4, 0.5) is 8.78 Å². The second-order valence-electron chi connectivity index (χ2n) is 6.44. The lowest BCUT2D eigenvalue weighted by molar-refractivity contribution is 0.426. The molecule has 3 rings (SSSR count). The van der Waals surface area contributed by atoms with Crippen molar-refractivity contribution < 1.29 is 8.78 Å². The van der Waals surface area contributed by atoms with E-state index in [0.717, 1.165) is 23.9 Å². The molecule has 3 heteroatoms. The van der Waals surface area contributed by atoms with Crippen LogP contribution in [0.1, 0.15) is 31.4 Å². The van der Waals surface area contributed by atoms with Crippen LogP contribution in [0.15, 0.2) is 66.9 Å². The molecule has 0 aliphatic carbocycles. The van der Waals surface area contributed by atoms with Gasteiger partial charge in [0.2, 0.25) is 0 Å². The lowest BCUT2D eigenvalue weighted by Crippen LogP contribution is -1.99. The molecule has 0 N–H and O–H groups in total. The van der Waals surface area contributed by atoms with Gasteiger partial charge in [-0.25, -0.2) is 0 Å². The first kappa shape index (κ1) is 16.4. The number of hydrogen-bond donors (Lipinski definition) is 0. The summed E-state index contributed by atoms with van der Waals surface area (Å²) < 4.78 is 29.7. The van der Waals surface area contributed by atoms with E-state index in [1.54, 1.807) is 24.3 Å². The van der Waals surface area contributed by atoms with Crippen LogP contribution in [0.25, 0.3) is 16.5 Å². The monoisotopic (exact) mass is 325 g/mol. The second-order valence-corrected chi connectivity index (χ2v) is 6.44. The molecule has 0 amide bonds. The molecule has 2 aromatic carbocycles. The number of halogens is 2. The quantitative estimate of drug-likeness (QED) is 0.515. The molecule has 0 fully saturated rings. The van der Waals surface area contributed by atoms with Gasteiger partial charge >= 0.3 is 0 Å². The average molecular weight is 325 g/mol. The van der Waals surface area contributed by atoms with E-state index >= 15 is 0 Å². The Morgan fingerprint density at radius 2 is 1.62 bits per heavy atom. The van der Waals surface area contributed by atoms with Crippen molar-refractivity contribution in [3.63, 3.8) is 0 Å². The highest BCUT2D eigenvalue weighted by molar-refractivity contribution is 5.97. The van der Waals surface area contributed by atoms with Crippen LogP contribution in [-0.4, -0.2) is 4.57 Å². The van der Waals surface area contributed by atoms with Gasteiger partial charge < -0.3 is 4.57 Å². The van der Waals surface area contributed by atoms with E-state index in [9.17, 15) is 8.78 Å². The fourth-order valence-corrected chi connectivity index (χ4v) is 3.00. The summed E-state index contributed by atoms with van der Waals surface area (Å²) in [4.78, 5) is 0. The summed E-state index contributed by atoms with van der Waals surface area (Å²) in [5.41, 5.74) is 2.17. The van der Waals surface area contributed by atoms with E-state index in [4.69, 9.17) is 0 Å². The predicted molar refractivity (Wildman–Crippen MR) is 96.1 cm³/mol. The zero-order chi connectivity index (χ0) is 17.1. The van der Waals surface area contributed by atoms with Crippen LogP contribution in [0, 0.1) is 5.92 Å². The van der Waals surface area contributed by atoms with Gasteiger partial charge in [-0.05, 0) is 24.0 Å². The molecule has 0 saturated carbocycles. The van der Waals surface area contributed by atoms with Gasteiger partial charge in [-0.3, -0.25) is 0 Å². The highest BCUT2D eigenvalue weighted by Gasteiger charge is 2.18. The zero-order valence-electron chi connectivity index (χ0n) is 14.0. The SMILES string of the molecule is CC(C)CCn1cc(C(=C(F)F)c2ccccc2)c2ccccc21. The molecule has 0 radical (unpaired) electrons. The Morgan fingerprint density at radius 3 is 2.29 bits per heavy atom. The van der Waals surface area contributed by atoms with Crippen LogP contribution in [-0.2, 0) is 6.54 Å². The van der Waals surface area contributed by atoms with Gasteiger partial charge in [0.05, 0.1) is 5.57 Å². The lowest BCUT2D eigenvalue weighted by Gasteiger charge is -2.07. The molecular formula is C21H21F2N. The Kier molecular flexibility index (Phi) is 4.79. The molecule has 0 spiro atoms. The Balaban J connectivity index is 2.16. The van der Waals surface area contributed by atoms with Crippen molar-refractivity contribution >= 4 is 16.5 Å². The molecule has 24 heavy (non-hydrogen) atoms. The molecule has 0 unspecified atom stereocenters. The fraction of sp³-hybridized carbons (Fsp3) is 0.238. The molecule has 1 nitrogen and oxygen atoms in total. The van der Waals surface area contributed by atoms with Crippen LogP contribution in [0.5, 0.6) is 0 Å². The third-order valence-electron chi connectivity index (χ3n) is 4.26. The van der Waals surface area contributed by atoms with Gasteiger partial charge in [-0.1, -0.05) is 62.4 Å². The van der Waals surface area contributed by atoms with Crippen molar-refractivity contribution in [3.8, 4) is 0 Å². The summed E-state index contributed by atoms with van der Waals surface area (Å²) in [6.07, 6.45) is 1.24. The maximum atomic E-state index is 13.8. The number of benzene rings is 2. The predicted octanol–water partition coefficient (Wildman–Crippen LogP) is 6.34. The largest absolute Gasteiger partial charge is 0.347 e. The summed E-state index contributed by atoms with van der Waals surface area (Å²) in [6, 6.07) is 16.6. The van der Waals surface area contributed by atoms with E-state index in [1.807, 2.05) is 36.5 Å². The normalized spacial score (nSPS) is 11.2. The third kappa shape index (κ3) is 3.25. The summed E-state index contributed by atoms with van der Waals surface area (Å²) in [5, 5.41) is 0.868. The molecule has 0 bridgehead atoms. The molecule has 1 heterocycles.